The first-order valence-electron chi connectivity index (χ1n) is 6.81. The van der Waals surface area contributed by atoms with Gasteiger partial charge in [0.25, 0.3) is 0 Å². The Morgan fingerprint density at radius 1 is 1.40 bits per heavy atom. The number of hydrogen-bond acceptors (Lipinski definition) is 3. The standard InChI is InChI=1S/C17H20O3/c1-13(17(18)19-2)8-9-15-12-20-11-10-16(15)14-6-4-3-5-7-14/h3-7,10,15H,1,8-9,11-12H2,2H3. The van der Waals surface area contributed by atoms with E-state index in [1.165, 1.54) is 18.2 Å². The second-order valence-electron chi connectivity index (χ2n) is 4.89. The van der Waals surface area contributed by atoms with E-state index >= 15 is 0 Å². The van der Waals surface area contributed by atoms with Gasteiger partial charge in [-0.3, -0.25) is 0 Å². The molecule has 1 aliphatic heterocycles. The Morgan fingerprint density at radius 3 is 2.85 bits per heavy atom. The van der Waals surface area contributed by atoms with Gasteiger partial charge < -0.3 is 9.47 Å². The second-order valence-corrected chi connectivity index (χ2v) is 4.89. The number of carbonyl (C=O) groups is 1. The molecule has 1 atom stereocenters. The highest BCUT2D eigenvalue weighted by Gasteiger charge is 2.20. The van der Waals surface area contributed by atoms with E-state index in [9.17, 15) is 4.79 Å². The summed E-state index contributed by atoms with van der Waals surface area (Å²) in [4.78, 5) is 11.4. The number of carbonyl (C=O) groups excluding carboxylic acids is 1. The molecule has 20 heavy (non-hydrogen) atoms. The predicted molar refractivity (Wildman–Crippen MR) is 79.1 cm³/mol. The maximum atomic E-state index is 11.4. The lowest BCUT2D eigenvalue weighted by Gasteiger charge is -2.25. The molecule has 1 aromatic carbocycles. The Balaban J connectivity index is 2.03. The van der Waals surface area contributed by atoms with Crippen LogP contribution in [0.5, 0.6) is 0 Å². The van der Waals surface area contributed by atoms with E-state index in [4.69, 9.17) is 4.74 Å². The zero-order valence-corrected chi connectivity index (χ0v) is 11.8. The number of hydrogen-bond donors (Lipinski definition) is 0. The molecule has 0 saturated carbocycles. The molecule has 0 aromatic heterocycles. The van der Waals surface area contributed by atoms with Crippen molar-refractivity contribution in [2.45, 2.75) is 12.8 Å². The summed E-state index contributed by atoms with van der Waals surface area (Å²) in [5.41, 5.74) is 3.05. The van der Waals surface area contributed by atoms with E-state index in [1.54, 1.807) is 0 Å². The second kappa shape index (κ2) is 7.06. The third-order valence-electron chi connectivity index (χ3n) is 3.56. The molecule has 3 nitrogen and oxygen atoms in total. The van der Waals surface area contributed by atoms with Gasteiger partial charge in [-0.25, -0.2) is 4.79 Å². The van der Waals surface area contributed by atoms with Crippen LogP contribution in [-0.2, 0) is 14.3 Å². The van der Waals surface area contributed by atoms with Gasteiger partial charge in [-0.15, -0.1) is 0 Å². The fourth-order valence-electron chi connectivity index (χ4n) is 2.43. The van der Waals surface area contributed by atoms with E-state index in [1.807, 2.05) is 18.2 Å². The molecule has 0 saturated heterocycles. The van der Waals surface area contributed by atoms with Crippen molar-refractivity contribution in [1.82, 2.24) is 0 Å². The first-order valence-corrected chi connectivity index (χ1v) is 6.81. The van der Waals surface area contributed by atoms with Crippen LogP contribution in [0.1, 0.15) is 18.4 Å². The van der Waals surface area contributed by atoms with Gasteiger partial charge in [-0.2, -0.15) is 0 Å². The van der Waals surface area contributed by atoms with Crippen LogP contribution in [0.2, 0.25) is 0 Å². The van der Waals surface area contributed by atoms with Crippen LogP contribution in [0.3, 0.4) is 0 Å². The Kier molecular flexibility index (Phi) is 5.13. The summed E-state index contributed by atoms with van der Waals surface area (Å²) in [5.74, 6) is -0.0282. The van der Waals surface area contributed by atoms with Crippen molar-refractivity contribution < 1.29 is 14.3 Å². The summed E-state index contributed by atoms with van der Waals surface area (Å²) in [5, 5.41) is 0. The normalized spacial score (nSPS) is 18.2. The Bertz CT molecular complexity index is 502. The average molecular weight is 272 g/mol. The molecule has 1 aliphatic rings. The highest BCUT2D eigenvalue weighted by molar-refractivity contribution is 5.87. The SMILES string of the molecule is C=C(CCC1COCC=C1c1ccccc1)C(=O)OC. The van der Waals surface area contributed by atoms with Gasteiger partial charge in [0.15, 0.2) is 0 Å². The summed E-state index contributed by atoms with van der Waals surface area (Å²) < 4.78 is 10.2. The third-order valence-corrected chi connectivity index (χ3v) is 3.56. The van der Waals surface area contributed by atoms with Crippen LogP contribution in [0, 0.1) is 5.92 Å². The van der Waals surface area contributed by atoms with Crippen molar-refractivity contribution in [2.75, 3.05) is 20.3 Å². The third kappa shape index (κ3) is 3.58. The zero-order valence-electron chi connectivity index (χ0n) is 11.8. The first kappa shape index (κ1) is 14.5. The molecule has 0 aliphatic carbocycles. The summed E-state index contributed by atoms with van der Waals surface area (Å²) in [6.07, 6.45) is 3.60. The molecule has 0 amide bonds. The highest BCUT2D eigenvalue weighted by atomic mass is 16.5. The van der Waals surface area contributed by atoms with Crippen LogP contribution in [0.4, 0.5) is 0 Å². The minimum absolute atomic E-state index is 0.299. The van der Waals surface area contributed by atoms with Crippen molar-refractivity contribution in [1.29, 1.82) is 0 Å². The van der Waals surface area contributed by atoms with Crippen molar-refractivity contribution in [2.24, 2.45) is 5.92 Å². The van der Waals surface area contributed by atoms with Crippen LogP contribution in [0.15, 0.2) is 48.6 Å². The number of esters is 1. The monoisotopic (exact) mass is 272 g/mol. The molecule has 2 rings (SSSR count). The van der Waals surface area contributed by atoms with Gasteiger partial charge in [0.05, 0.1) is 20.3 Å². The summed E-state index contributed by atoms with van der Waals surface area (Å²) in [6.45, 7) is 5.11. The van der Waals surface area contributed by atoms with Crippen molar-refractivity contribution in [3.63, 3.8) is 0 Å². The molecule has 1 heterocycles. The maximum Gasteiger partial charge on any atom is 0.333 e. The molecule has 0 bridgehead atoms. The lowest BCUT2D eigenvalue weighted by molar-refractivity contribution is -0.136. The van der Waals surface area contributed by atoms with Gasteiger partial charge in [0.2, 0.25) is 0 Å². The lowest BCUT2D eigenvalue weighted by atomic mass is 9.87. The Labute approximate surface area is 119 Å². The van der Waals surface area contributed by atoms with Crippen LogP contribution in [0.25, 0.3) is 5.57 Å². The molecule has 0 radical (unpaired) electrons. The lowest BCUT2D eigenvalue weighted by Crippen LogP contribution is -2.18. The molecular weight excluding hydrogens is 252 g/mol. The van der Waals surface area contributed by atoms with Crippen LogP contribution in [-0.4, -0.2) is 26.3 Å². The van der Waals surface area contributed by atoms with Crippen LogP contribution >= 0.6 is 0 Å². The summed E-state index contributed by atoms with van der Waals surface area (Å²) >= 11 is 0. The molecule has 106 valence electrons. The maximum absolute atomic E-state index is 11.4. The van der Waals surface area contributed by atoms with E-state index < -0.39 is 0 Å². The van der Waals surface area contributed by atoms with Crippen molar-refractivity contribution in [3.05, 3.63) is 54.1 Å². The van der Waals surface area contributed by atoms with E-state index in [0.29, 0.717) is 31.1 Å². The quantitative estimate of drug-likeness (QED) is 0.610. The number of ether oxygens (including phenoxy) is 2. The minimum Gasteiger partial charge on any atom is -0.466 e. The van der Waals surface area contributed by atoms with Gasteiger partial charge in [0, 0.05) is 11.5 Å². The molecule has 0 spiro atoms. The van der Waals surface area contributed by atoms with E-state index in [0.717, 1.165) is 6.42 Å². The molecule has 0 N–H and O–H groups in total. The fraction of sp³-hybridized carbons (Fsp3) is 0.353. The van der Waals surface area contributed by atoms with E-state index in [-0.39, 0.29) is 5.97 Å². The van der Waals surface area contributed by atoms with Gasteiger partial charge >= 0.3 is 5.97 Å². The minimum atomic E-state index is -0.327. The topological polar surface area (TPSA) is 35.5 Å². The highest BCUT2D eigenvalue weighted by Crippen LogP contribution is 2.30. The molecule has 1 aromatic rings. The zero-order chi connectivity index (χ0) is 14.4. The van der Waals surface area contributed by atoms with Crippen LogP contribution < -0.4 is 0 Å². The average Bonchev–Trinajstić information content (AvgIpc) is 2.53. The Morgan fingerprint density at radius 2 is 2.15 bits per heavy atom. The van der Waals surface area contributed by atoms with Crippen molar-refractivity contribution >= 4 is 11.5 Å². The van der Waals surface area contributed by atoms with Crippen molar-refractivity contribution in [3.8, 4) is 0 Å². The van der Waals surface area contributed by atoms with Gasteiger partial charge in [-0.05, 0) is 24.0 Å². The Hall–Kier alpha value is -1.87. The van der Waals surface area contributed by atoms with E-state index in [2.05, 4.69) is 29.5 Å². The van der Waals surface area contributed by atoms with Gasteiger partial charge in [0.1, 0.15) is 0 Å². The number of methoxy groups -OCH3 is 1. The fourth-order valence-corrected chi connectivity index (χ4v) is 2.43. The van der Waals surface area contributed by atoms with Gasteiger partial charge in [-0.1, -0.05) is 43.0 Å². The summed E-state index contributed by atoms with van der Waals surface area (Å²) in [7, 11) is 1.38. The molecular formula is C17H20O3. The number of benzene rings is 1. The molecule has 3 heteroatoms. The molecule has 1 unspecified atom stereocenters. The number of rotatable bonds is 5. The smallest absolute Gasteiger partial charge is 0.333 e. The predicted octanol–water partition coefficient (Wildman–Crippen LogP) is 3.23. The summed E-state index contributed by atoms with van der Waals surface area (Å²) in [6, 6.07) is 10.3. The molecule has 0 fully saturated rings. The largest absolute Gasteiger partial charge is 0.466 e. The first-order chi connectivity index (χ1) is 9.72.